The molecule has 0 spiro atoms. The molecular weight excluding hydrogens is 402 g/mol. The minimum atomic E-state index is 0. The van der Waals surface area contributed by atoms with Crippen molar-refractivity contribution in [3.8, 4) is 0 Å². The van der Waals surface area contributed by atoms with E-state index in [1.807, 2.05) is 0 Å². The van der Waals surface area contributed by atoms with Gasteiger partial charge in [-0.1, -0.05) is 0 Å². The van der Waals surface area contributed by atoms with Gasteiger partial charge < -0.3 is 71.9 Å². The largest absolute Gasteiger partial charge is 1.00 e. The summed E-state index contributed by atoms with van der Waals surface area (Å²) < 4.78 is 0. The first-order chi connectivity index (χ1) is 0. The zero-order valence-electron chi connectivity index (χ0n) is 4.13. The summed E-state index contributed by atoms with van der Waals surface area (Å²) in [7, 11) is 0. The third-order valence-electron chi connectivity index (χ3n) is 0. The molecule has 0 nitrogen and oxygen atoms in total. The first kappa shape index (κ1) is 50.8. The minimum Gasteiger partial charge on any atom is -1.00 e. The van der Waals surface area contributed by atoms with Crippen LogP contribution in [-0.4, -0.2) is 0 Å². The molecule has 0 aromatic rings. The number of hydrogen-bond acceptors (Lipinski definition) is 0. The molecule has 6 heavy (non-hydrogen) atoms. The predicted molar refractivity (Wildman–Crippen MR) is 0 cm³/mol. The second-order valence-corrected chi connectivity index (χ2v) is 0. The van der Waals surface area contributed by atoms with E-state index in [0.717, 1.165) is 0 Å². The maximum Gasteiger partial charge on any atom is 1.00 e. The molecule has 0 saturated carbocycles. The van der Waals surface area contributed by atoms with Crippen molar-refractivity contribution in [2.45, 2.75) is 0 Å². The van der Waals surface area contributed by atoms with Crippen molar-refractivity contribution in [1.29, 1.82) is 0 Å². The van der Waals surface area contributed by atoms with Gasteiger partial charge in [-0.25, -0.2) is 0 Å². The maximum atomic E-state index is 0. The van der Waals surface area contributed by atoms with Crippen LogP contribution < -0.4 is 129 Å². The van der Waals surface area contributed by atoms with Gasteiger partial charge >= 0.3 is 56.6 Å². The van der Waals surface area contributed by atoms with Crippen molar-refractivity contribution in [2.24, 2.45) is 0 Å². The van der Waals surface area contributed by atoms with E-state index in [9.17, 15) is 0 Å². The summed E-state index contributed by atoms with van der Waals surface area (Å²) in [6.07, 6.45) is 0. The molecule has 0 radical (unpaired) electrons. The predicted octanol–water partition coefficient (Wildman–Crippen LogP) is -18.0. The summed E-state index contributed by atoms with van der Waals surface area (Å²) in [5, 5.41) is 0. The summed E-state index contributed by atoms with van der Waals surface area (Å²) in [5.41, 5.74) is 0. The van der Waals surface area contributed by atoms with Gasteiger partial charge in [0.1, 0.15) is 0 Å². The van der Waals surface area contributed by atoms with Crippen molar-refractivity contribution in [2.75, 3.05) is 0 Å². The molecule has 0 N–H and O–H groups in total. The normalized spacial score (nSPS) is 0. The Balaban J connectivity index is 0. The molecule has 0 bridgehead atoms. The minimum absolute atomic E-state index is 0. The first-order valence-electron chi connectivity index (χ1n) is 0. The van der Waals surface area contributed by atoms with Crippen LogP contribution in [0.5, 0.6) is 0 Å². The molecule has 0 fully saturated rings. The van der Waals surface area contributed by atoms with E-state index >= 15 is 0 Å². The Morgan fingerprint density at radius 2 is 0.333 bits per heavy atom. The molecule has 0 heterocycles. The van der Waals surface area contributed by atoms with Gasteiger partial charge in [-0.05, 0) is 0 Å². The van der Waals surface area contributed by atoms with Crippen molar-refractivity contribution in [3.63, 3.8) is 0 Å². The van der Waals surface area contributed by atoms with Gasteiger partial charge in [0, 0.05) is 0 Å². The molecule has 0 aromatic carbocycles. The van der Waals surface area contributed by atoms with Gasteiger partial charge in [-0.3, -0.25) is 0 Å². The average Bonchev–Trinajstić information content (AvgIpc) is 0. The van der Waals surface area contributed by atoms with Gasteiger partial charge in [0.15, 0.2) is 0 Å². The van der Waals surface area contributed by atoms with Crippen LogP contribution >= 0.6 is 0 Å². The van der Waals surface area contributed by atoms with Crippen LogP contribution in [-0.2, 0) is 0 Å². The molecule has 0 aliphatic rings. The molecule has 0 saturated heterocycles. The van der Waals surface area contributed by atoms with Crippen LogP contribution in [0.4, 0.5) is 0 Å². The molecule has 0 aliphatic heterocycles. The number of rotatable bonds is 0. The van der Waals surface area contributed by atoms with Gasteiger partial charge in [0.05, 0.1) is 0 Å². The Morgan fingerprint density at radius 3 is 0.333 bits per heavy atom. The molecule has 0 rings (SSSR count). The Hall–Kier alpha value is 3.98. The fourth-order valence-electron chi connectivity index (χ4n) is 0. The van der Waals surface area contributed by atoms with Gasteiger partial charge in [0.25, 0.3) is 0 Å². The number of hydrogen-bond donors (Lipinski definition) is 0. The monoisotopic (exact) mass is 402 g/mol. The third kappa shape index (κ3) is 24.5. The van der Waals surface area contributed by atoms with Crippen LogP contribution in [0.3, 0.4) is 0 Å². The van der Waals surface area contributed by atoms with Gasteiger partial charge in [-0.15, -0.1) is 0 Å². The van der Waals surface area contributed by atoms with Crippen molar-refractivity contribution in [3.05, 3.63) is 0 Å². The quantitative estimate of drug-likeness (QED) is 0.279. The standard InChI is InChI=1S/3HI.3Li/h3*1H;;;/q;;;3*+1/p-3. The zero-order chi connectivity index (χ0) is 0. The fourth-order valence-corrected chi connectivity index (χ4v) is 0. The average molecular weight is 402 g/mol. The molecular formula is I3Li3. The summed E-state index contributed by atoms with van der Waals surface area (Å²) in [4.78, 5) is 0. The summed E-state index contributed by atoms with van der Waals surface area (Å²) in [6, 6.07) is 0. The summed E-state index contributed by atoms with van der Waals surface area (Å²) in [6.45, 7) is 0. The van der Waals surface area contributed by atoms with E-state index < -0.39 is 0 Å². The molecule has 0 aliphatic carbocycles. The Labute approximate surface area is 126 Å². The summed E-state index contributed by atoms with van der Waals surface area (Å²) >= 11 is 0. The third-order valence-corrected chi connectivity index (χ3v) is 0. The Bertz CT molecular complexity index is 6.00. The van der Waals surface area contributed by atoms with E-state index in [1.54, 1.807) is 0 Å². The second-order valence-electron chi connectivity index (χ2n) is 0. The summed E-state index contributed by atoms with van der Waals surface area (Å²) in [5.74, 6) is 0. The topological polar surface area (TPSA) is 0 Å². The van der Waals surface area contributed by atoms with Crippen LogP contribution in [0.15, 0.2) is 0 Å². The van der Waals surface area contributed by atoms with Gasteiger partial charge in [0.2, 0.25) is 0 Å². The fraction of sp³-hybridized carbons (Fsp3) is 0. The van der Waals surface area contributed by atoms with Crippen molar-refractivity contribution in [1.82, 2.24) is 0 Å². The van der Waals surface area contributed by atoms with Gasteiger partial charge in [-0.2, -0.15) is 0 Å². The smallest absolute Gasteiger partial charge is 1.00 e. The van der Waals surface area contributed by atoms with Crippen LogP contribution in [0.1, 0.15) is 0 Å². The molecule has 0 amide bonds. The molecule has 0 atom stereocenters. The van der Waals surface area contributed by atoms with E-state index in [4.69, 9.17) is 0 Å². The maximum absolute atomic E-state index is 0. The molecule has 0 aromatic heterocycles. The van der Waals surface area contributed by atoms with Crippen LogP contribution in [0.25, 0.3) is 0 Å². The Morgan fingerprint density at radius 1 is 0.333 bits per heavy atom. The molecule has 24 valence electrons. The number of halogens is 3. The van der Waals surface area contributed by atoms with E-state index in [2.05, 4.69) is 0 Å². The van der Waals surface area contributed by atoms with Crippen LogP contribution in [0.2, 0.25) is 0 Å². The second kappa shape index (κ2) is 36.1. The Kier molecular flexibility index (Phi) is 305. The van der Waals surface area contributed by atoms with Crippen molar-refractivity contribution >= 4 is 0 Å². The van der Waals surface area contributed by atoms with E-state index in [-0.39, 0.29) is 129 Å². The van der Waals surface area contributed by atoms with E-state index in [1.165, 1.54) is 0 Å². The zero-order valence-corrected chi connectivity index (χ0v) is 10.6. The molecule has 6 heteroatoms. The van der Waals surface area contributed by atoms with E-state index in [0.29, 0.717) is 0 Å². The molecule has 0 unspecified atom stereocenters. The first-order valence-corrected chi connectivity index (χ1v) is 0. The van der Waals surface area contributed by atoms with Crippen LogP contribution in [0, 0.1) is 0 Å². The van der Waals surface area contributed by atoms with Crippen molar-refractivity contribution < 1.29 is 129 Å². The SMILES string of the molecule is [I-].[I-].[I-].[Li+].[Li+].[Li+].